The van der Waals surface area contributed by atoms with E-state index in [0.29, 0.717) is 0 Å². The lowest BCUT2D eigenvalue weighted by molar-refractivity contribution is -0.139. The molecule has 1 aliphatic rings. The molecule has 0 amide bonds. The van der Waals surface area contributed by atoms with E-state index in [0.717, 1.165) is 19.4 Å². The van der Waals surface area contributed by atoms with Gasteiger partial charge >= 0.3 is 17.9 Å². The lowest BCUT2D eigenvalue weighted by Crippen LogP contribution is -2.33. The Bertz CT molecular complexity index is 357. The number of nitrogens with two attached hydrogens (primary N) is 2. The van der Waals surface area contributed by atoms with Crippen LogP contribution in [0, 0.1) is 0 Å². The summed E-state index contributed by atoms with van der Waals surface area (Å²) >= 11 is 0. The van der Waals surface area contributed by atoms with Crippen LogP contribution in [0.15, 0.2) is 0 Å². The Balaban J connectivity index is 0.000000461. The molecule has 1 aliphatic heterocycles. The summed E-state index contributed by atoms with van der Waals surface area (Å²) in [6, 6.07) is -2.11. The zero-order chi connectivity index (χ0) is 17.1. The van der Waals surface area contributed by atoms with Gasteiger partial charge in [-0.15, -0.1) is 0 Å². The molecule has 1 heterocycles. The van der Waals surface area contributed by atoms with Gasteiger partial charge in [-0.05, 0) is 19.4 Å². The highest BCUT2D eigenvalue weighted by Crippen LogP contribution is 2.22. The van der Waals surface area contributed by atoms with E-state index >= 15 is 0 Å². The SMILES string of the molecule is N[C@@H](CSSC[C@H](N)C(=O)O)C(=O)O.O=C(O)[C@@H]1CCCN1. The van der Waals surface area contributed by atoms with Crippen LogP contribution in [-0.4, -0.2) is 69.4 Å². The number of carbonyl (C=O) groups is 3. The first kappa shape index (κ1) is 21.0. The summed E-state index contributed by atoms with van der Waals surface area (Å²) in [5.41, 5.74) is 10.4. The van der Waals surface area contributed by atoms with Crippen LogP contribution in [0.4, 0.5) is 0 Å². The van der Waals surface area contributed by atoms with Crippen LogP contribution in [0.5, 0.6) is 0 Å². The lowest BCUT2D eigenvalue weighted by Gasteiger charge is -2.07. The number of carboxylic acids is 3. The monoisotopic (exact) mass is 355 g/mol. The zero-order valence-corrected chi connectivity index (χ0v) is 13.4. The number of hydrogen-bond acceptors (Lipinski definition) is 8. The minimum absolute atomic E-state index is 0.229. The predicted molar refractivity (Wildman–Crippen MR) is 84.8 cm³/mol. The highest BCUT2D eigenvalue weighted by Gasteiger charge is 2.20. The molecule has 1 saturated heterocycles. The van der Waals surface area contributed by atoms with Crippen molar-refractivity contribution in [3.05, 3.63) is 0 Å². The zero-order valence-electron chi connectivity index (χ0n) is 11.8. The first-order valence-corrected chi connectivity index (χ1v) is 8.91. The van der Waals surface area contributed by atoms with Crippen LogP contribution in [-0.2, 0) is 14.4 Å². The quantitative estimate of drug-likeness (QED) is 0.233. The van der Waals surface area contributed by atoms with Crippen molar-refractivity contribution >= 4 is 39.5 Å². The first-order valence-electron chi connectivity index (χ1n) is 6.43. The third-order valence-corrected chi connectivity index (χ3v) is 5.04. The summed E-state index contributed by atoms with van der Waals surface area (Å²) in [5.74, 6) is -2.40. The van der Waals surface area contributed by atoms with E-state index in [1.54, 1.807) is 0 Å². The van der Waals surface area contributed by atoms with Crippen LogP contribution in [0.2, 0.25) is 0 Å². The molecule has 0 aromatic heterocycles. The largest absolute Gasteiger partial charge is 0.480 e. The number of hydrogen-bond donors (Lipinski definition) is 6. The van der Waals surface area contributed by atoms with Crippen LogP contribution in [0.3, 0.4) is 0 Å². The molecule has 3 atom stereocenters. The maximum Gasteiger partial charge on any atom is 0.321 e. The molecule has 0 bridgehead atoms. The summed E-state index contributed by atoms with van der Waals surface area (Å²) in [6.45, 7) is 0.858. The minimum atomic E-state index is -1.07. The molecule has 1 rings (SSSR count). The van der Waals surface area contributed by atoms with Gasteiger partial charge in [-0.2, -0.15) is 0 Å². The second-order valence-corrected chi connectivity index (χ2v) is 7.00. The number of nitrogens with one attached hydrogen (secondary N) is 1. The van der Waals surface area contributed by atoms with Crippen molar-refractivity contribution in [1.82, 2.24) is 5.32 Å². The van der Waals surface area contributed by atoms with Crippen molar-refractivity contribution in [2.75, 3.05) is 18.1 Å². The second-order valence-electron chi connectivity index (χ2n) is 4.45. The molecule has 128 valence electrons. The van der Waals surface area contributed by atoms with Crippen molar-refractivity contribution in [2.24, 2.45) is 11.5 Å². The van der Waals surface area contributed by atoms with E-state index in [2.05, 4.69) is 5.32 Å². The molecule has 0 saturated carbocycles. The third-order valence-electron chi connectivity index (χ3n) is 2.57. The van der Waals surface area contributed by atoms with Crippen LogP contribution >= 0.6 is 21.6 Å². The Morgan fingerprint density at radius 1 is 1.05 bits per heavy atom. The molecule has 22 heavy (non-hydrogen) atoms. The Labute approximate surface area is 135 Å². The molecular weight excluding hydrogens is 334 g/mol. The first-order chi connectivity index (χ1) is 10.3. The van der Waals surface area contributed by atoms with E-state index < -0.39 is 30.0 Å². The number of carboxylic acid groups (broad SMARTS) is 3. The summed E-state index contributed by atoms with van der Waals surface area (Å²) in [4.78, 5) is 30.7. The number of aliphatic carboxylic acids is 3. The van der Waals surface area contributed by atoms with E-state index in [1.807, 2.05) is 0 Å². The molecule has 8 N–H and O–H groups in total. The normalized spacial score (nSPS) is 19.6. The summed E-state index contributed by atoms with van der Waals surface area (Å²) < 4.78 is 0. The Morgan fingerprint density at radius 3 is 1.73 bits per heavy atom. The predicted octanol–water partition coefficient (Wildman–Crippen LogP) is -0.985. The van der Waals surface area contributed by atoms with E-state index in [-0.39, 0.29) is 17.5 Å². The summed E-state index contributed by atoms with van der Waals surface area (Å²) in [7, 11) is 2.41. The molecule has 0 aromatic carbocycles. The molecule has 11 heteroatoms. The van der Waals surface area contributed by atoms with Crippen molar-refractivity contribution in [1.29, 1.82) is 0 Å². The van der Waals surface area contributed by atoms with Gasteiger partial charge in [-0.25, -0.2) is 0 Å². The van der Waals surface area contributed by atoms with E-state index in [1.165, 1.54) is 21.6 Å². The van der Waals surface area contributed by atoms with Gasteiger partial charge in [-0.1, -0.05) is 21.6 Å². The van der Waals surface area contributed by atoms with E-state index in [4.69, 9.17) is 26.8 Å². The van der Waals surface area contributed by atoms with Gasteiger partial charge in [0.15, 0.2) is 0 Å². The molecule has 0 radical (unpaired) electrons. The average Bonchev–Trinajstić information content (AvgIpc) is 2.97. The standard InChI is InChI=1S/C6H12N2O4S2.C5H9NO2/c7-3(5(9)10)1-13-14-2-4(8)6(11)12;7-5(8)4-2-1-3-6-4/h3-4H,1-2,7-8H2,(H,9,10)(H,11,12);4,6H,1-3H2,(H,7,8)/t3-,4-;4-/m00/s1. The maximum absolute atomic E-state index is 10.3. The Kier molecular flexibility index (Phi) is 11.0. The highest BCUT2D eigenvalue weighted by atomic mass is 33.1. The average molecular weight is 355 g/mol. The van der Waals surface area contributed by atoms with Gasteiger partial charge < -0.3 is 32.1 Å². The van der Waals surface area contributed by atoms with Crippen molar-refractivity contribution in [2.45, 2.75) is 31.0 Å². The smallest absolute Gasteiger partial charge is 0.321 e. The van der Waals surface area contributed by atoms with Crippen molar-refractivity contribution in [3.63, 3.8) is 0 Å². The van der Waals surface area contributed by atoms with Gasteiger partial charge in [0.05, 0.1) is 0 Å². The Morgan fingerprint density at radius 2 is 1.50 bits per heavy atom. The molecule has 0 unspecified atom stereocenters. The molecule has 9 nitrogen and oxygen atoms in total. The van der Waals surface area contributed by atoms with Gasteiger partial charge in [0.25, 0.3) is 0 Å². The minimum Gasteiger partial charge on any atom is -0.480 e. The molecule has 0 spiro atoms. The third kappa shape index (κ3) is 9.84. The topological polar surface area (TPSA) is 176 Å². The highest BCUT2D eigenvalue weighted by molar-refractivity contribution is 8.76. The van der Waals surface area contributed by atoms with Gasteiger partial charge in [0, 0.05) is 11.5 Å². The van der Waals surface area contributed by atoms with Gasteiger partial charge in [-0.3, -0.25) is 14.4 Å². The molecule has 0 aromatic rings. The van der Waals surface area contributed by atoms with Crippen LogP contribution < -0.4 is 16.8 Å². The fraction of sp³-hybridized carbons (Fsp3) is 0.727. The van der Waals surface area contributed by atoms with Gasteiger partial charge in [0.1, 0.15) is 18.1 Å². The number of rotatable bonds is 8. The second kappa shape index (κ2) is 11.5. The fourth-order valence-electron chi connectivity index (χ4n) is 1.28. The lowest BCUT2D eigenvalue weighted by atomic mass is 10.2. The van der Waals surface area contributed by atoms with Crippen molar-refractivity contribution in [3.8, 4) is 0 Å². The summed E-state index contributed by atoms with van der Waals surface area (Å²) in [5, 5.41) is 28.0. The van der Waals surface area contributed by atoms with Gasteiger partial charge in [0.2, 0.25) is 0 Å². The van der Waals surface area contributed by atoms with Crippen molar-refractivity contribution < 1.29 is 29.7 Å². The van der Waals surface area contributed by atoms with E-state index in [9.17, 15) is 14.4 Å². The summed E-state index contributed by atoms with van der Waals surface area (Å²) in [6.07, 6.45) is 1.78. The Hall–Kier alpha value is -1.01. The molecule has 1 fully saturated rings. The fourth-order valence-corrected chi connectivity index (χ4v) is 3.51. The van der Waals surface area contributed by atoms with Crippen LogP contribution in [0.25, 0.3) is 0 Å². The molecular formula is C11H21N3O6S2. The molecule has 0 aliphatic carbocycles. The van der Waals surface area contributed by atoms with Crippen LogP contribution in [0.1, 0.15) is 12.8 Å². The maximum atomic E-state index is 10.3.